The molecule has 0 bridgehead atoms. The van der Waals surface area contributed by atoms with Gasteiger partial charge in [-0.15, -0.1) is 11.3 Å². The van der Waals surface area contributed by atoms with Crippen LogP contribution in [0.4, 0.5) is 24.8 Å². The minimum absolute atomic E-state index is 0.0282. The van der Waals surface area contributed by atoms with Crippen LogP contribution in [0, 0.1) is 17.5 Å². The SMILES string of the molecule is CC(C)c1nc(-c2ccc(F)c(NS(=O)(=O)c3cc(F)ccc3F)c2)c(-c2ccnc(NC3CCS(=O)(=O)CC3)n2)s1. The molecule has 2 aromatic heterocycles. The van der Waals surface area contributed by atoms with E-state index in [1.165, 1.54) is 23.5 Å². The highest BCUT2D eigenvalue weighted by molar-refractivity contribution is 7.92. The summed E-state index contributed by atoms with van der Waals surface area (Å²) >= 11 is 1.36. The smallest absolute Gasteiger partial charge is 0.265 e. The Hall–Kier alpha value is -3.56. The maximum atomic E-state index is 14.8. The summed E-state index contributed by atoms with van der Waals surface area (Å²) in [5.74, 6) is -2.57. The quantitative estimate of drug-likeness (QED) is 0.256. The molecule has 0 saturated carbocycles. The van der Waals surface area contributed by atoms with Gasteiger partial charge < -0.3 is 5.32 Å². The molecular weight excluding hydrogens is 612 g/mol. The Morgan fingerprint density at radius 3 is 2.40 bits per heavy atom. The van der Waals surface area contributed by atoms with Gasteiger partial charge in [0.15, 0.2) is 0 Å². The van der Waals surface area contributed by atoms with Crippen LogP contribution in [-0.4, -0.2) is 49.3 Å². The Labute approximate surface area is 245 Å². The van der Waals surface area contributed by atoms with Crippen molar-refractivity contribution in [2.24, 2.45) is 0 Å². The molecule has 0 spiro atoms. The molecular formula is C27H26F3N5O4S3. The van der Waals surface area contributed by atoms with Gasteiger partial charge in [0.25, 0.3) is 10.0 Å². The van der Waals surface area contributed by atoms with Crippen LogP contribution in [0.15, 0.2) is 53.6 Å². The van der Waals surface area contributed by atoms with Gasteiger partial charge >= 0.3 is 0 Å². The predicted octanol–water partition coefficient (Wildman–Crippen LogP) is 5.60. The van der Waals surface area contributed by atoms with Crippen molar-refractivity contribution in [1.29, 1.82) is 0 Å². The van der Waals surface area contributed by atoms with Crippen LogP contribution in [0.1, 0.15) is 37.6 Å². The van der Waals surface area contributed by atoms with Gasteiger partial charge in [-0.1, -0.05) is 13.8 Å². The third kappa shape index (κ3) is 6.57. The molecule has 3 heterocycles. The van der Waals surface area contributed by atoms with Crippen molar-refractivity contribution in [3.63, 3.8) is 0 Å². The van der Waals surface area contributed by atoms with E-state index < -0.39 is 47.9 Å². The second kappa shape index (κ2) is 11.6. The van der Waals surface area contributed by atoms with Crippen molar-refractivity contribution in [1.82, 2.24) is 15.0 Å². The van der Waals surface area contributed by atoms with Crippen LogP contribution in [-0.2, 0) is 19.9 Å². The summed E-state index contributed by atoms with van der Waals surface area (Å²) in [6.45, 7) is 3.91. The number of thiazole rings is 1. The number of hydrogen-bond acceptors (Lipinski definition) is 9. The first-order valence-corrected chi connectivity index (χ1v) is 17.0. The number of sulfone groups is 1. The molecule has 2 aromatic carbocycles. The van der Waals surface area contributed by atoms with Gasteiger partial charge in [0.1, 0.15) is 32.2 Å². The van der Waals surface area contributed by atoms with E-state index in [0.29, 0.717) is 52.8 Å². The van der Waals surface area contributed by atoms with Crippen LogP contribution in [0.25, 0.3) is 21.8 Å². The lowest BCUT2D eigenvalue weighted by Gasteiger charge is -2.23. The Bertz CT molecular complexity index is 1850. The molecule has 9 nitrogen and oxygen atoms in total. The van der Waals surface area contributed by atoms with Crippen LogP contribution >= 0.6 is 11.3 Å². The molecule has 15 heteroatoms. The zero-order valence-corrected chi connectivity index (χ0v) is 24.9. The normalized spacial score (nSPS) is 15.6. The molecule has 2 N–H and O–H groups in total. The fourth-order valence-electron chi connectivity index (χ4n) is 4.36. The summed E-state index contributed by atoms with van der Waals surface area (Å²) in [6, 6.07) is 7.25. The van der Waals surface area contributed by atoms with Gasteiger partial charge in [-0.3, -0.25) is 4.72 Å². The van der Waals surface area contributed by atoms with Crippen LogP contribution < -0.4 is 10.0 Å². The Balaban J connectivity index is 1.50. The van der Waals surface area contributed by atoms with Gasteiger partial charge in [-0.25, -0.2) is 45.0 Å². The highest BCUT2D eigenvalue weighted by Crippen LogP contribution is 2.40. The van der Waals surface area contributed by atoms with Crippen molar-refractivity contribution in [3.8, 4) is 21.8 Å². The second-order valence-electron chi connectivity index (χ2n) is 10.1. The molecule has 1 aliphatic heterocycles. The maximum Gasteiger partial charge on any atom is 0.265 e. The second-order valence-corrected chi connectivity index (χ2v) is 15.1. The fraction of sp³-hybridized carbons (Fsp3) is 0.296. The molecule has 1 saturated heterocycles. The number of nitrogens with zero attached hydrogens (tertiary/aromatic N) is 3. The number of benzene rings is 2. The van der Waals surface area contributed by atoms with Gasteiger partial charge in [0.05, 0.1) is 38.5 Å². The molecule has 222 valence electrons. The third-order valence-corrected chi connectivity index (χ3v) is 11.1. The molecule has 0 amide bonds. The van der Waals surface area contributed by atoms with Crippen molar-refractivity contribution < 1.29 is 30.0 Å². The van der Waals surface area contributed by atoms with Gasteiger partial charge in [-0.2, -0.15) is 0 Å². The Kier molecular flexibility index (Phi) is 8.27. The standard InChI is InChI=1S/C27H26F3N5O4S3/c1-15(2)26-34-24(25(40-26)21-7-10-31-27(33-21)32-18-8-11-41(36,37)12-9-18)16-3-5-19(29)22(13-16)35-42(38,39)23-14-17(28)4-6-20(23)30/h3-7,10,13-15,18,35H,8-9,11-12H2,1-2H3,(H,31,32,33). The van der Waals surface area contributed by atoms with Crippen molar-refractivity contribution in [3.05, 3.63) is 71.1 Å². The van der Waals surface area contributed by atoms with E-state index in [0.717, 1.165) is 17.1 Å². The van der Waals surface area contributed by atoms with Gasteiger partial charge in [-0.05, 0) is 55.3 Å². The minimum Gasteiger partial charge on any atom is -0.351 e. The molecule has 1 aliphatic rings. The summed E-state index contributed by atoms with van der Waals surface area (Å²) in [6.07, 6.45) is 2.43. The first-order valence-electron chi connectivity index (χ1n) is 12.9. The van der Waals surface area contributed by atoms with Crippen LogP contribution in [0.2, 0.25) is 0 Å². The number of aromatic nitrogens is 3. The van der Waals surface area contributed by atoms with E-state index in [9.17, 15) is 30.0 Å². The lowest BCUT2D eigenvalue weighted by Crippen LogP contribution is -2.32. The van der Waals surface area contributed by atoms with Crippen molar-refractivity contribution >= 4 is 42.8 Å². The van der Waals surface area contributed by atoms with E-state index in [2.05, 4.69) is 15.3 Å². The highest BCUT2D eigenvalue weighted by atomic mass is 32.2. The summed E-state index contributed by atoms with van der Waals surface area (Å²) in [5, 5.41) is 3.95. The Morgan fingerprint density at radius 1 is 0.976 bits per heavy atom. The average molecular weight is 638 g/mol. The maximum absolute atomic E-state index is 14.8. The van der Waals surface area contributed by atoms with Gasteiger partial charge in [0, 0.05) is 23.7 Å². The fourth-order valence-corrected chi connectivity index (χ4v) is 8.06. The number of hydrogen-bond donors (Lipinski definition) is 2. The summed E-state index contributed by atoms with van der Waals surface area (Å²) in [4.78, 5) is 13.3. The molecule has 0 unspecified atom stereocenters. The van der Waals surface area contributed by atoms with Gasteiger partial charge in [0.2, 0.25) is 5.95 Å². The molecule has 42 heavy (non-hydrogen) atoms. The van der Waals surface area contributed by atoms with E-state index in [-0.39, 0.29) is 23.5 Å². The first-order chi connectivity index (χ1) is 19.8. The zero-order chi connectivity index (χ0) is 30.2. The monoisotopic (exact) mass is 637 g/mol. The molecule has 4 aromatic rings. The third-order valence-electron chi connectivity index (χ3n) is 6.58. The van der Waals surface area contributed by atoms with E-state index in [1.54, 1.807) is 12.3 Å². The summed E-state index contributed by atoms with van der Waals surface area (Å²) < 4.78 is 93.9. The lowest BCUT2D eigenvalue weighted by atomic mass is 10.1. The van der Waals surface area contributed by atoms with Crippen molar-refractivity contribution in [2.45, 2.75) is 43.5 Å². The number of halogens is 3. The number of sulfonamides is 1. The van der Waals surface area contributed by atoms with Crippen LogP contribution in [0.5, 0.6) is 0 Å². The summed E-state index contributed by atoms with van der Waals surface area (Å²) in [5.41, 5.74) is 0.800. The molecule has 0 radical (unpaired) electrons. The van der Waals surface area contributed by atoms with Crippen molar-refractivity contribution in [2.75, 3.05) is 21.5 Å². The molecule has 1 fully saturated rings. The number of nitrogens with one attached hydrogen (secondary N) is 2. The lowest BCUT2D eigenvalue weighted by molar-refractivity contribution is 0.555. The molecule has 0 atom stereocenters. The van der Waals surface area contributed by atoms with Crippen LogP contribution in [0.3, 0.4) is 0 Å². The average Bonchev–Trinajstić information content (AvgIpc) is 3.39. The van der Waals surface area contributed by atoms with E-state index in [4.69, 9.17) is 4.98 Å². The first kappa shape index (κ1) is 29.9. The zero-order valence-electron chi connectivity index (χ0n) is 22.4. The summed E-state index contributed by atoms with van der Waals surface area (Å²) in [7, 11) is -7.71. The predicted molar refractivity (Wildman–Crippen MR) is 155 cm³/mol. The largest absolute Gasteiger partial charge is 0.351 e. The highest BCUT2D eigenvalue weighted by Gasteiger charge is 2.26. The number of anilines is 2. The topological polar surface area (TPSA) is 131 Å². The minimum atomic E-state index is -4.67. The van der Waals surface area contributed by atoms with E-state index >= 15 is 0 Å². The molecule has 0 aliphatic carbocycles. The number of rotatable bonds is 8. The Morgan fingerprint density at radius 2 is 1.69 bits per heavy atom. The molecule has 5 rings (SSSR count). The van der Waals surface area contributed by atoms with E-state index in [1.807, 2.05) is 18.6 Å².